The second-order valence-electron chi connectivity index (χ2n) is 6.76. The lowest BCUT2D eigenvalue weighted by molar-refractivity contribution is 0.209. The average molecular weight is 399 g/mol. The first-order valence-electron chi connectivity index (χ1n) is 9.12. The Hall–Kier alpha value is -2.72. The first-order valence-corrected chi connectivity index (χ1v) is 9.50. The lowest BCUT2D eigenvalue weighted by Crippen LogP contribution is -2.07. The summed E-state index contributed by atoms with van der Waals surface area (Å²) in [6.07, 6.45) is 11.1. The van der Waals surface area contributed by atoms with E-state index in [0.717, 1.165) is 5.57 Å². The predicted octanol–water partition coefficient (Wildman–Crippen LogP) is 5.79. The number of rotatable bonds is 8. The monoisotopic (exact) mass is 398 g/mol. The number of hydrogen-bond acceptors (Lipinski definition) is 4. The van der Waals surface area contributed by atoms with Crippen LogP contribution in [0.25, 0.3) is 17.0 Å². The summed E-state index contributed by atoms with van der Waals surface area (Å²) in [6, 6.07) is 5.02. The maximum Gasteiger partial charge on any atom is 0.196 e. The van der Waals surface area contributed by atoms with Gasteiger partial charge in [0.05, 0.1) is 25.4 Å². The molecule has 1 aliphatic carbocycles. The summed E-state index contributed by atoms with van der Waals surface area (Å²) in [5, 5.41) is 0.972. The fraction of sp³-hybridized carbons (Fsp3) is 0.261. The molecule has 0 bridgehead atoms. The topological polar surface area (TPSA) is 48.7 Å². The van der Waals surface area contributed by atoms with Crippen LogP contribution >= 0.6 is 11.6 Å². The van der Waals surface area contributed by atoms with E-state index in [9.17, 15) is 4.79 Å². The highest BCUT2D eigenvalue weighted by Gasteiger charge is 2.22. The number of fused-ring (bicyclic) bond motifs is 1. The number of benzene rings is 1. The Morgan fingerprint density at radius 2 is 2.18 bits per heavy atom. The van der Waals surface area contributed by atoms with Crippen LogP contribution < -0.4 is 5.43 Å². The summed E-state index contributed by atoms with van der Waals surface area (Å²) in [4.78, 5) is 12.6. The van der Waals surface area contributed by atoms with E-state index in [1.165, 1.54) is 12.8 Å². The second kappa shape index (κ2) is 8.98. The van der Waals surface area contributed by atoms with Crippen molar-refractivity contribution in [1.29, 1.82) is 0 Å². The Labute approximate surface area is 169 Å². The van der Waals surface area contributed by atoms with Crippen molar-refractivity contribution in [2.45, 2.75) is 19.8 Å². The van der Waals surface area contributed by atoms with Crippen LogP contribution in [-0.4, -0.2) is 13.7 Å². The molecule has 28 heavy (non-hydrogen) atoms. The summed E-state index contributed by atoms with van der Waals surface area (Å²) in [7, 11) is 1.58. The Morgan fingerprint density at radius 3 is 2.89 bits per heavy atom. The van der Waals surface area contributed by atoms with Gasteiger partial charge in [0.1, 0.15) is 17.1 Å². The van der Waals surface area contributed by atoms with Crippen molar-refractivity contribution in [2.24, 2.45) is 5.92 Å². The highest BCUT2D eigenvalue weighted by atomic mass is 35.5. The molecule has 1 fully saturated rings. The van der Waals surface area contributed by atoms with Crippen LogP contribution in [0.3, 0.4) is 0 Å². The van der Waals surface area contributed by atoms with Crippen molar-refractivity contribution in [3.05, 3.63) is 87.2 Å². The molecule has 0 aliphatic heterocycles. The molecule has 4 nitrogen and oxygen atoms in total. The minimum Gasteiger partial charge on any atom is -0.504 e. The normalized spacial score (nSPS) is 14.9. The van der Waals surface area contributed by atoms with E-state index >= 15 is 0 Å². The van der Waals surface area contributed by atoms with Gasteiger partial charge in [0.15, 0.2) is 5.43 Å². The van der Waals surface area contributed by atoms with Crippen molar-refractivity contribution in [1.82, 2.24) is 0 Å². The van der Waals surface area contributed by atoms with E-state index in [0.29, 0.717) is 45.6 Å². The number of ether oxygens (including phenoxy) is 2. The van der Waals surface area contributed by atoms with Crippen molar-refractivity contribution in [2.75, 3.05) is 13.7 Å². The summed E-state index contributed by atoms with van der Waals surface area (Å²) in [6.45, 7) is 6.43. The zero-order valence-electron chi connectivity index (χ0n) is 16.0. The van der Waals surface area contributed by atoms with Crippen LogP contribution in [0.15, 0.2) is 69.8 Å². The molecular weight excluding hydrogens is 376 g/mol. The van der Waals surface area contributed by atoms with E-state index in [1.54, 1.807) is 50.6 Å². The van der Waals surface area contributed by atoms with Crippen LogP contribution in [0.5, 0.6) is 0 Å². The van der Waals surface area contributed by atoms with Crippen LogP contribution in [-0.2, 0) is 9.47 Å². The van der Waals surface area contributed by atoms with E-state index in [2.05, 4.69) is 6.58 Å². The summed E-state index contributed by atoms with van der Waals surface area (Å²) in [5.41, 5.74) is 1.68. The van der Waals surface area contributed by atoms with E-state index < -0.39 is 0 Å². The fourth-order valence-electron chi connectivity index (χ4n) is 2.65. The van der Waals surface area contributed by atoms with Gasteiger partial charge < -0.3 is 13.9 Å². The summed E-state index contributed by atoms with van der Waals surface area (Å²) in [5.74, 6) is 1.68. The zero-order valence-corrected chi connectivity index (χ0v) is 16.8. The van der Waals surface area contributed by atoms with E-state index in [-0.39, 0.29) is 5.43 Å². The molecule has 146 valence electrons. The smallest absolute Gasteiger partial charge is 0.196 e. The van der Waals surface area contributed by atoms with Gasteiger partial charge in [-0.3, -0.25) is 4.79 Å². The van der Waals surface area contributed by atoms with Crippen molar-refractivity contribution in [3.8, 4) is 0 Å². The molecule has 0 amide bonds. The highest BCUT2D eigenvalue weighted by Crippen LogP contribution is 2.30. The molecule has 1 aromatic heterocycles. The highest BCUT2D eigenvalue weighted by molar-refractivity contribution is 6.31. The molecule has 0 unspecified atom stereocenters. The molecule has 0 atom stereocenters. The standard InChI is InChI=1S/C23H23ClO4/c1-15-21(28-22-11-9-19(24)13-20(22)23(15)25)10-8-18(5-4-12-26-3)16(2)27-14-17-6-7-17/h4-5,8-13,17H,2,6-7,14H2,1,3H3/b10-8+,12-4+,18-5-. The van der Waals surface area contributed by atoms with Gasteiger partial charge in [0.25, 0.3) is 0 Å². The number of hydrogen-bond donors (Lipinski definition) is 0. The maximum absolute atomic E-state index is 12.6. The van der Waals surface area contributed by atoms with Crippen molar-refractivity contribution in [3.63, 3.8) is 0 Å². The van der Waals surface area contributed by atoms with E-state index in [4.69, 9.17) is 25.5 Å². The molecule has 1 saturated carbocycles. The Morgan fingerprint density at radius 1 is 1.39 bits per heavy atom. The SMILES string of the molecule is C=C(OCC1CC1)C(=C\C=C\OC)/C=C/c1oc2ccc(Cl)cc2c(=O)c1C. The third-order valence-corrected chi connectivity index (χ3v) is 4.77. The zero-order chi connectivity index (χ0) is 20.1. The van der Waals surface area contributed by atoms with Gasteiger partial charge in [-0.25, -0.2) is 0 Å². The molecule has 1 aromatic carbocycles. The van der Waals surface area contributed by atoms with Gasteiger partial charge in [-0.1, -0.05) is 18.2 Å². The molecule has 0 N–H and O–H groups in total. The predicted molar refractivity (Wildman–Crippen MR) is 113 cm³/mol. The first-order chi connectivity index (χ1) is 13.5. The third-order valence-electron chi connectivity index (χ3n) is 4.53. The Bertz CT molecular complexity index is 1020. The van der Waals surface area contributed by atoms with Crippen LogP contribution in [0.1, 0.15) is 24.2 Å². The lowest BCUT2D eigenvalue weighted by atomic mass is 10.1. The fourth-order valence-corrected chi connectivity index (χ4v) is 2.82. The summed E-state index contributed by atoms with van der Waals surface area (Å²) >= 11 is 5.99. The molecule has 0 radical (unpaired) electrons. The Balaban J connectivity index is 1.90. The van der Waals surface area contributed by atoms with Crippen molar-refractivity contribution < 1.29 is 13.9 Å². The molecular formula is C23H23ClO4. The van der Waals surface area contributed by atoms with Gasteiger partial charge in [-0.15, -0.1) is 0 Å². The van der Waals surface area contributed by atoms with Gasteiger partial charge in [-0.2, -0.15) is 0 Å². The first kappa shape index (κ1) is 20.0. The van der Waals surface area contributed by atoms with Gasteiger partial charge >= 0.3 is 0 Å². The Kier molecular flexibility index (Phi) is 6.42. The third kappa shape index (κ3) is 4.96. The summed E-state index contributed by atoms with van der Waals surface area (Å²) < 4.78 is 16.6. The molecule has 0 saturated heterocycles. The second-order valence-corrected chi connectivity index (χ2v) is 7.19. The van der Waals surface area contributed by atoms with E-state index in [1.807, 2.05) is 12.2 Å². The van der Waals surface area contributed by atoms with Crippen LogP contribution in [0.4, 0.5) is 0 Å². The van der Waals surface area contributed by atoms with Gasteiger partial charge in [0, 0.05) is 16.2 Å². The van der Waals surface area contributed by atoms with Gasteiger partial charge in [-0.05, 0) is 68.2 Å². The average Bonchev–Trinajstić information content (AvgIpc) is 3.51. The minimum absolute atomic E-state index is 0.1000. The lowest BCUT2D eigenvalue weighted by Gasteiger charge is -2.09. The molecule has 2 aromatic rings. The largest absolute Gasteiger partial charge is 0.504 e. The quantitative estimate of drug-likeness (QED) is 0.416. The molecule has 5 heteroatoms. The van der Waals surface area contributed by atoms with Crippen molar-refractivity contribution >= 4 is 28.6 Å². The molecule has 1 aliphatic rings. The minimum atomic E-state index is -0.1000. The van der Waals surface area contributed by atoms with Crippen LogP contribution in [0, 0.1) is 12.8 Å². The number of halogens is 1. The maximum atomic E-state index is 12.6. The van der Waals surface area contributed by atoms with Gasteiger partial charge in [0.2, 0.25) is 0 Å². The number of methoxy groups -OCH3 is 1. The van der Waals surface area contributed by atoms with Crippen LogP contribution in [0.2, 0.25) is 5.02 Å². The molecule has 3 rings (SSSR count). The molecule has 0 spiro atoms. The number of allylic oxidation sites excluding steroid dienone is 3. The molecule has 1 heterocycles.